The fourth-order valence-electron chi connectivity index (χ4n) is 2.99. The second-order valence-electron chi connectivity index (χ2n) is 5.41. The number of rotatable bonds is 1. The zero-order valence-electron chi connectivity index (χ0n) is 11.8. The molecule has 0 saturated carbocycles. The van der Waals surface area contributed by atoms with Gasteiger partial charge in [-0.15, -0.1) is 0 Å². The van der Waals surface area contributed by atoms with Gasteiger partial charge in [-0.1, -0.05) is 12.8 Å². The van der Waals surface area contributed by atoms with Crippen LogP contribution in [0.5, 0.6) is 0 Å². The maximum Gasteiger partial charge on any atom is 0.328 e. The number of carbonyl (C=O) groups excluding carboxylic acids is 2. The van der Waals surface area contributed by atoms with Gasteiger partial charge in [-0.05, 0) is 32.1 Å². The van der Waals surface area contributed by atoms with E-state index in [1.54, 1.807) is 4.90 Å². The number of ether oxygens (including phenoxy) is 1. The van der Waals surface area contributed by atoms with Crippen LogP contribution in [0.1, 0.15) is 44.9 Å². The van der Waals surface area contributed by atoms with Gasteiger partial charge in [0.2, 0.25) is 0 Å². The number of nitrogens with zero attached hydrogens (tertiary/aromatic N) is 2. The first-order valence-electron chi connectivity index (χ1n) is 7.37. The summed E-state index contributed by atoms with van der Waals surface area (Å²) in [5.41, 5.74) is 0. The molecule has 0 bridgehead atoms. The average molecular weight is 268 g/mol. The van der Waals surface area contributed by atoms with Gasteiger partial charge in [0.05, 0.1) is 7.11 Å². The maximum absolute atomic E-state index is 12.6. The van der Waals surface area contributed by atoms with Gasteiger partial charge < -0.3 is 14.5 Å². The minimum absolute atomic E-state index is 0.0250. The van der Waals surface area contributed by atoms with Crippen molar-refractivity contribution in [1.82, 2.24) is 9.80 Å². The molecule has 0 aromatic carbocycles. The summed E-state index contributed by atoms with van der Waals surface area (Å²) in [5.74, 6) is -0.275. The van der Waals surface area contributed by atoms with E-state index in [0.29, 0.717) is 6.54 Å². The van der Waals surface area contributed by atoms with Gasteiger partial charge in [-0.2, -0.15) is 0 Å². The summed E-state index contributed by atoms with van der Waals surface area (Å²) in [4.78, 5) is 28.0. The molecule has 19 heavy (non-hydrogen) atoms. The van der Waals surface area contributed by atoms with Gasteiger partial charge in [0.25, 0.3) is 0 Å². The number of urea groups is 1. The number of methoxy groups -OCH3 is 1. The molecule has 2 heterocycles. The third kappa shape index (κ3) is 3.39. The van der Waals surface area contributed by atoms with E-state index in [9.17, 15) is 9.59 Å². The highest BCUT2D eigenvalue weighted by Crippen LogP contribution is 2.21. The lowest BCUT2D eigenvalue weighted by atomic mass is 10.0. The Labute approximate surface area is 114 Å². The first kappa shape index (κ1) is 14.2. The van der Waals surface area contributed by atoms with Crippen molar-refractivity contribution >= 4 is 12.0 Å². The molecule has 2 rings (SSSR count). The molecule has 0 aromatic rings. The molecule has 1 atom stereocenters. The molecular weight excluding hydrogens is 244 g/mol. The number of carbonyl (C=O) groups is 2. The molecule has 108 valence electrons. The lowest BCUT2D eigenvalue weighted by Crippen LogP contribution is -2.53. The van der Waals surface area contributed by atoms with Crippen LogP contribution in [0.3, 0.4) is 0 Å². The summed E-state index contributed by atoms with van der Waals surface area (Å²) >= 11 is 0. The Hall–Kier alpha value is -1.26. The predicted octanol–water partition coefficient (Wildman–Crippen LogP) is 2.01. The van der Waals surface area contributed by atoms with E-state index in [0.717, 1.165) is 45.2 Å². The minimum atomic E-state index is -0.380. The highest BCUT2D eigenvalue weighted by Gasteiger charge is 2.35. The highest BCUT2D eigenvalue weighted by atomic mass is 16.5. The normalized spacial score (nSPS) is 24.8. The van der Waals surface area contributed by atoms with Crippen molar-refractivity contribution in [3.05, 3.63) is 0 Å². The Balaban J connectivity index is 2.03. The van der Waals surface area contributed by atoms with E-state index in [1.807, 2.05) is 4.90 Å². The third-order valence-electron chi connectivity index (χ3n) is 4.10. The Morgan fingerprint density at radius 1 is 0.947 bits per heavy atom. The van der Waals surface area contributed by atoms with Crippen LogP contribution < -0.4 is 0 Å². The number of piperidine rings is 1. The largest absolute Gasteiger partial charge is 0.467 e. The fourth-order valence-corrected chi connectivity index (χ4v) is 2.99. The van der Waals surface area contributed by atoms with Gasteiger partial charge in [0.1, 0.15) is 6.04 Å². The topological polar surface area (TPSA) is 49.9 Å². The van der Waals surface area contributed by atoms with Crippen LogP contribution >= 0.6 is 0 Å². The number of hydrogen-bond acceptors (Lipinski definition) is 3. The smallest absolute Gasteiger partial charge is 0.328 e. The first-order valence-corrected chi connectivity index (χ1v) is 7.37. The summed E-state index contributed by atoms with van der Waals surface area (Å²) in [6.07, 6.45) is 7.24. The van der Waals surface area contributed by atoms with Gasteiger partial charge >= 0.3 is 12.0 Å². The summed E-state index contributed by atoms with van der Waals surface area (Å²) in [5, 5.41) is 0. The van der Waals surface area contributed by atoms with Gasteiger partial charge in [0.15, 0.2) is 0 Å². The van der Waals surface area contributed by atoms with E-state index >= 15 is 0 Å². The molecule has 0 spiro atoms. The van der Waals surface area contributed by atoms with Gasteiger partial charge in [-0.3, -0.25) is 0 Å². The monoisotopic (exact) mass is 268 g/mol. The molecule has 0 N–H and O–H groups in total. The third-order valence-corrected chi connectivity index (χ3v) is 4.10. The lowest BCUT2D eigenvalue weighted by molar-refractivity contribution is -0.147. The first-order chi connectivity index (χ1) is 9.24. The summed E-state index contributed by atoms with van der Waals surface area (Å²) in [6.45, 7) is 2.32. The molecule has 2 fully saturated rings. The number of hydrogen-bond donors (Lipinski definition) is 0. The molecule has 2 saturated heterocycles. The van der Waals surface area contributed by atoms with Crippen molar-refractivity contribution in [2.24, 2.45) is 0 Å². The van der Waals surface area contributed by atoms with E-state index in [-0.39, 0.29) is 18.0 Å². The summed E-state index contributed by atoms with van der Waals surface area (Å²) < 4.78 is 4.83. The predicted molar refractivity (Wildman–Crippen MR) is 71.8 cm³/mol. The van der Waals surface area contributed by atoms with Crippen LogP contribution in [-0.2, 0) is 9.53 Å². The lowest BCUT2D eigenvalue weighted by Gasteiger charge is -2.37. The summed E-state index contributed by atoms with van der Waals surface area (Å²) in [6, 6.07) is -0.355. The van der Waals surface area contributed by atoms with Crippen molar-refractivity contribution in [1.29, 1.82) is 0 Å². The quantitative estimate of drug-likeness (QED) is 0.684. The fraction of sp³-hybridized carbons (Fsp3) is 0.857. The Kier molecular flexibility index (Phi) is 5.05. The standard InChI is InChI=1S/C14H24N2O3/c1-19-13(17)12-8-4-7-11-16(12)14(18)15-9-5-2-3-6-10-15/h12H,2-11H2,1H3/t12-/m1/s1. The van der Waals surface area contributed by atoms with Crippen molar-refractivity contribution < 1.29 is 14.3 Å². The SMILES string of the molecule is COC(=O)[C@H]1CCCCN1C(=O)N1CCCCCC1. The summed E-state index contributed by atoms with van der Waals surface area (Å²) in [7, 11) is 1.39. The van der Waals surface area contributed by atoms with E-state index in [4.69, 9.17) is 4.74 Å². The van der Waals surface area contributed by atoms with Crippen LogP contribution in [0.2, 0.25) is 0 Å². The minimum Gasteiger partial charge on any atom is -0.467 e. The molecule has 5 nitrogen and oxygen atoms in total. The molecule has 0 aromatic heterocycles. The number of amides is 2. The highest BCUT2D eigenvalue weighted by molar-refractivity contribution is 5.84. The number of esters is 1. The van der Waals surface area contributed by atoms with E-state index in [2.05, 4.69) is 0 Å². The Morgan fingerprint density at radius 3 is 2.21 bits per heavy atom. The van der Waals surface area contributed by atoms with Crippen LogP contribution in [0, 0.1) is 0 Å². The zero-order chi connectivity index (χ0) is 13.7. The molecule has 0 unspecified atom stereocenters. The second-order valence-corrected chi connectivity index (χ2v) is 5.41. The molecule has 0 aliphatic carbocycles. The number of likely N-dealkylation sites (tertiary alicyclic amines) is 2. The van der Waals surface area contributed by atoms with Crippen molar-refractivity contribution in [3.63, 3.8) is 0 Å². The average Bonchev–Trinajstić information content (AvgIpc) is 2.74. The molecule has 2 aliphatic heterocycles. The molecule has 2 amide bonds. The molecule has 5 heteroatoms. The molecule has 0 radical (unpaired) electrons. The van der Waals surface area contributed by atoms with Crippen LogP contribution in [-0.4, -0.2) is 54.6 Å². The molecule has 2 aliphatic rings. The van der Waals surface area contributed by atoms with Crippen LogP contribution in [0.4, 0.5) is 4.79 Å². The zero-order valence-corrected chi connectivity index (χ0v) is 11.8. The van der Waals surface area contributed by atoms with E-state index in [1.165, 1.54) is 20.0 Å². The van der Waals surface area contributed by atoms with Gasteiger partial charge in [-0.25, -0.2) is 9.59 Å². The van der Waals surface area contributed by atoms with Crippen LogP contribution in [0.25, 0.3) is 0 Å². The maximum atomic E-state index is 12.6. The Bertz CT molecular complexity index is 325. The second kappa shape index (κ2) is 6.78. The van der Waals surface area contributed by atoms with Crippen LogP contribution in [0.15, 0.2) is 0 Å². The van der Waals surface area contributed by atoms with Gasteiger partial charge in [0, 0.05) is 19.6 Å². The van der Waals surface area contributed by atoms with Crippen molar-refractivity contribution in [2.45, 2.75) is 51.0 Å². The van der Waals surface area contributed by atoms with E-state index < -0.39 is 0 Å². The van der Waals surface area contributed by atoms with Crippen molar-refractivity contribution in [2.75, 3.05) is 26.7 Å². The molecular formula is C14H24N2O3. The van der Waals surface area contributed by atoms with Crippen molar-refractivity contribution in [3.8, 4) is 0 Å². The Morgan fingerprint density at radius 2 is 1.58 bits per heavy atom.